The van der Waals surface area contributed by atoms with Crippen molar-refractivity contribution in [2.75, 3.05) is 0 Å². The van der Waals surface area contributed by atoms with Gasteiger partial charge in [-0.1, -0.05) is 18.2 Å². The molecule has 0 radical (unpaired) electrons. The highest BCUT2D eigenvalue weighted by atomic mass is 19.1. The van der Waals surface area contributed by atoms with Crippen LogP contribution in [0.1, 0.15) is 0 Å². The molecule has 4 aromatic rings. The number of nitrogens with zero attached hydrogens (tertiary/aromatic N) is 3. The molecule has 2 aromatic carbocycles. The molecule has 108 valence electrons. The third-order valence-corrected chi connectivity index (χ3v) is 3.58. The van der Waals surface area contributed by atoms with Crippen LogP contribution in [0.25, 0.3) is 22.3 Å². The highest BCUT2D eigenvalue weighted by Gasteiger charge is 2.12. The minimum Gasteiger partial charge on any atom is -0.312 e. The van der Waals surface area contributed by atoms with Gasteiger partial charge in [0.1, 0.15) is 11.5 Å². The van der Waals surface area contributed by atoms with Gasteiger partial charge in [0.15, 0.2) is 0 Å². The lowest BCUT2D eigenvalue weighted by molar-refractivity contribution is 0.613. The predicted octanol–water partition coefficient (Wildman–Crippen LogP) is 2.64. The van der Waals surface area contributed by atoms with Crippen LogP contribution in [0.5, 0.6) is 0 Å². The number of nitrogens with one attached hydrogen (secondary N) is 1. The summed E-state index contributed by atoms with van der Waals surface area (Å²) in [6, 6.07) is 11.9. The number of aromatic nitrogens is 4. The number of H-pyrrole nitrogens is 1. The van der Waals surface area contributed by atoms with Crippen molar-refractivity contribution in [3.63, 3.8) is 0 Å². The molecule has 2 heterocycles. The Labute approximate surface area is 124 Å². The summed E-state index contributed by atoms with van der Waals surface area (Å²) in [5.41, 5.74) is 1.57. The Morgan fingerprint density at radius 2 is 1.86 bits per heavy atom. The number of para-hydroxylation sites is 1. The van der Waals surface area contributed by atoms with Gasteiger partial charge in [0.05, 0.1) is 17.4 Å². The number of halogens is 1. The van der Waals surface area contributed by atoms with Gasteiger partial charge in [-0.15, -0.1) is 0 Å². The Morgan fingerprint density at radius 1 is 1.05 bits per heavy atom. The van der Waals surface area contributed by atoms with Gasteiger partial charge in [-0.2, -0.15) is 5.10 Å². The summed E-state index contributed by atoms with van der Waals surface area (Å²) in [5.74, 6) is -0.350. The Balaban J connectivity index is 2.01. The molecule has 0 aliphatic rings. The van der Waals surface area contributed by atoms with Crippen LogP contribution >= 0.6 is 0 Å². The average molecular weight is 294 g/mol. The maximum absolute atomic E-state index is 14.0. The van der Waals surface area contributed by atoms with Gasteiger partial charge in [0, 0.05) is 17.8 Å². The zero-order valence-corrected chi connectivity index (χ0v) is 11.4. The lowest BCUT2D eigenvalue weighted by atomic mass is 10.2. The molecule has 6 heteroatoms. The summed E-state index contributed by atoms with van der Waals surface area (Å²) in [6.45, 7) is 0. The second-order valence-corrected chi connectivity index (χ2v) is 4.85. The van der Waals surface area contributed by atoms with E-state index in [2.05, 4.69) is 10.1 Å². The lowest BCUT2D eigenvalue weighted by Gasteiger charge is -2.06. The Morgan fingerprint density at radius 3 is 2.64 bits per heavy atom. The van der Waals surface area contributed by atoms with E-state index < -0.39 is 0 Å². The number of fused-ring (bicyclic) bond motifs is 1. The molecule has 1 N–H and O–H groups in total. The minimum absolute atomic E-state index is 0.230. The summed E-state index contributed by atoms with van der Waals surface area (Å²) >= 11 is 0. The molecular weight excluding hydrogens is 283 g/mol. The van der Waals surface area contributed by atoms with E-state index >= 15 is 0 Å². The van der Waals surface area contributed by atoms with E-state index in [1.54, 1.807) is 36.8 Å². The van der Waals surface area contributed by atoms with Crippen molar-refractivity contribution in [2.45, 2.75) is 0 Å². The lowest BCUT2D eigenvalue weighted by Crippen LogP contribution is -2.14. The Kier molecular flexibility index (Phi) is 2.69. The molecular formula is C16H11FN4O. The molecule has 0 amide bonds. The highest BCUT2D eigenvalue weighted by Crippen LogP contribution is 2.24. The van der Waals surface area contributed by atoms with E-state index in [1.807, 2.05) is 18.2 Å². The normalized spacial score (nSPS) is 11.1. The smallest absolute Gasteiger partial charge is 0.312 e. The van der Waals surface area contributed by atoms with E-state index in [9.17, 15) is 9.18 Å². The largest absolute Gasteiger partial charge is 0.330 e. The Bertz CT molecular complexity index is 1030. The molecule has 0 fully saturated rings. The predicted molar refractivity (Wildman–Crippen MR) is 81.0 cm³/mol. The number of benzene rings is 2. The van der Waals surface area contributed by atoms with E-state index in [1.165, 1.54) is 15.3 Å². The van der Waals surface area contributed by atoms with Gasteiger partial charge < -0.3 is 4.98 Å². The molecule has 5 nitrogen and oxygen atoms in total. The van der Waals surface area contributed by atoms with E-state index in [4.69, 9.17) is 0 Å². The summed E-state index contributed by atoms with van der Waals surface area (Å²) in [7, 11) is 0. The molecule has 2 aromatic heterocycles. The molecule has 0 aliphatic carbocycles. The standard InChI is InChI=1S/C16H11FN4O/c17-12-4-1-2-5-15(12)21-14-7-3-6-13(11(14)10-19-21)20-9-8-18-16(20)22/h1-10H,(H,18,22). The fourth-order valence-corrected chi connectivity index (χ4v) is 2.57. The summed E-state index contributed by atoms with van der Waals surface area (Å²) in [6.07, 6.45) is 4.86. The SMILES string of the molecule is O=c1[nH]ccn1-c1cccc2c1cnn2-c1ccccc1F. The van der Waals surface area contributed by atoms with Gasteiger partial charge >= 0.3 is 5.69 Å². The van der Waals surface area contributed by atoms with Crippen molar-refractivity contribution in [3.8, 4) is 11.4 Å². The summed E-state index contributed by atoms with van der Waals surface area (Å²) < 4.78 is 17.0. The zero-order valence-electron chi connectivity index (χ0n) is 11.4. The first-order chi connectivity index (χ1) is 10.8. The van der Waals surface area contributed by atoms with Crippen molar-refractivity contribution in [1.29, 1.82) is 0 Å². The van der Waals surface area contributed by atoms with Crippen molar-refractivity contribution >= 4 is 10.9 Å². The number of hydrogen-bond donors (Lipinski definition) is 1. The van der Waals surface area contributed by atoms with Crippen LogP contribution in [0, 0.1) is 5.82 Å². The van der Waals surface area contributed by atoms with Crippen LogP contribution in [0.4, 0.5) is 4.39 Å². The number of hydrogen-bond acceptors (Lipinski definition) is 2. The van der Waals surface area contributed by atoms with Gasteiger partial charge in [-0.25, -0.2) is 13.9 Å². The van der Waals surface area contributed by atoms with Crippen LogP contribution in [0.3, 0.4) is 0 Å². The fourth-order valence-electron chi connectivity index (χ4n) is 2.57. The van der Waals surface area contributed by atoms with Gasteiger partial charge in [-0.3, -0.25) is 4.57 Å². The van der Waals surface area contributed by atoms with Crippen molar-refractivity contribution < 1.29 is 4.39 Å². The zero-order chi connectivity index (χ0) is 15.1. The molecule has 0 unspecified atom stereocenters. The number of rotatable bonds is 2. The summed E-state index contributed by atoms with van der Waals surface area (Å²) in [4.78, 5) is 14.4. The molecule has 0 saturated carbocycles. The Hall–Kier alpha value is -3.15. The molecule has 0 spiro atoms. The molecule has 0 aliphatic heterocycles. The molecule has 0 saturated heterocycles. The van der Waals surface area contributed by atoms with Crippen LogP contribution in [-0.2, 0) is 0 Å². The topological polar surface area (TPSA) is 55.6 Å². The van der Waals surface area contributed by atoms with Crippen LogP contribution < -0.4 is 5.69 Å². The maximum atomic E-state index is 14.0. The molecule has 0 atom stereocenters. The quantitative estimate of drug-likeness (QED) is 0.618. The third-order valence-electron chi connectivity index (χ3n) is 3.58. The van der Waals surface area contributed by atoms with Crippen molar-refractivity contribution in [3.05, 3.63) is 77.4 Å². The first-order valence-electron chi connectivity index (χ1n) is 6.74. The first kappa shape index (κ1) is 12.6. The van der Waals surface area contributed by atoms with E-state index in [0.29, 0.717) is 11.4 Å². The second-order valence-electron chi connectivity index (χ2n) is 4.85. The minimum atomic E-state index is -0.350. The number of aromatic amines is 1. The first-order valence-corrected chi connectivity index (χ1v) is 6.74. The average Bonchev–Trinajstić information content (AvgIpc) is 3.14. The summed E-state index contributed by atoms with van der Waals surface area (Å²) in [5, 5.41) is 5.05. The number of imidazole rings is 1. The fraction of sp³-hybridized carbons (Fsp3) is 0. The van der Waals surface area contributed by atoms with E-state index in [0.717, 1.165) is 10.9 Å². The third kappa shape index (κ3) is 1.77. The van der Waals surface area contributed by atoms with Gasteiger partial charge in [-0.05, 0) is 24.3 Å². The van der Waals surface area contributed by atoms with E-state index in [-0.39, 0.29) is 11.5 Å². The van der Waals surface area contributed by atoms with Gasteiger partial charge in [0.2, 0.25) is 0 Å². The highest BCUT2D eigenvalue weighted by molar-refractivity contribution is 5.88. The van der Waals surface area contributed by atoms with Crippen LogP contribution in [0.2, 0.25) is 0 Å². The maximum Gasteiger partial charge on any atom is 0.330 e. The van der Waals surface area contributed by atoms with Gasteiger partial charge in [0.25, 0.3) is 0 Å². The molecule has 22 heavy (non-hydrogen) atoms. The second kappa shape index (κ2) is 4.70. The van der Waals surface area contributed by atoms with Crippen LogP contribution in [-0.4, -0.2) is 19.3 Å². The van der Waals surface area contributed by atoms with Crippen molar-refractivity contribution in [1.82, 2.24) is 19.3 Å². The monoisotopic (exact) mass is 294 g/mol. The molecule has 4 rings (SSSR count). The van der Waals surface area contributed by atoms with Crippen molar-refractivity contribution in [2.24, 2.45) is 0 Å². The molecule has 0 bridgehead atoms. The van der Waals surface area contributed by atoms with Crippen LogP contribution in [0.15, 0.2) is 65.8 Å².